The number of benzene rings is 1. The quantitative estimate of drug-likeness (QED) is 0.836. The lowest BCUT2D eigenvalue weighted by Gasteiger charge is -2.27. The summed E-state index contributed by atoms with van der Waals surface area (Å²) in [4.78, 5) is 29.8. The number of likely N-dealkylation sites (tertiary alicyclic amines) is 2. The molecule has 0 unspecified atom stereocenters. The van der Waals surface area contributed by atoms with Gasteiger partial charge in [-0.3, -0.25) is 9.59 Å². The van der Waals surface area contributed by atoms with E-state index >= 15 is 0 Å². The molecule has 2 atom stereocenters. The Hall–Kier alpha value is -2.32. The Balaban J connectivity index is 1.43. The van der Waals surface area contributed by atoms with Crippen LogP contribution in [0.2, 0.25) is 0 Å². The Kier molecular flexibility index (Phi) is 4.93. The molecule has 0 aliphatic carbocycles. The summed E-state index contributed by atoms with van der Waals surface area (Å²) in [7, 11) is 0. The summed E-state index contributed by atoms with van der Waals surface area (Å²) in [5.41, 5.74) is 2.36. The molecule has 0 spiro atoms. The van der Waals surface area contributed by atoms with E-state index < -0.39 is 5.41 Å². The first kappa shape index (κ1) is 19.0. The largest absolute Gasteiger partial charge is 0.396 e. The Morgan fingerprint density at radius 1 is 1.18 bits per heavy atom. The third-order valence-corrected chi connectivity index (χ3v) is 6.85. The minimum absolute atomic E-state index is 0.0321. The fourth-order valence-corrected chi connectivity index (χ4v) is 4.94. The summed E-state index contributed by atoms with van der Waals surface area (Å²) in [5, 5.41) is 14.1. The Bertz CT molecular complexity index is 897. The van der Waals surface area contributed by atoms with Crippen LogP contribution in [0.4, 0.5) is 0 Å². The van der Waals surface area contributed by atoms with Gasteiger partial charge in [0, 0.05) is 37.5 Å². The van der Waals surface area contributed by atoms with Crippen molar-refractivity contribution in [1.82, 2.24) is 19.4 Å². The van der Waals surface area contributed by atoms with E-state index in [9.17, 15) is 14.7 Å². The fourth-order valence-electron chi connectivity index (χ4n) is 4.31. The van der Waals surface area contributed by atoms with Crippen molar-refractivity contribution in [3.63, 3.8) is 0 Å². The van der Waals surface area contributed by atoms with Crippen LogP contribution in [0.5, 0.6) is 0 Å². The minimum Gasteiger partial charge on any atom is -0.396 e. The molecule has 148 valence electrons. The van der Waals surface area contributed by atoms with Crippen LogP contribution in [0.25, 0.3) is 0 Å². The Labute approximate surface area is 168 Å². The zero-order valence-electron chi connectivity index (χ0n) is 16.1. The topological polar surface area (TPSA) is 86.6 Å². The van der Waals surface area contributed by atoms with Crippen molar-refractivity contribution >= 4 is 23.3 Å². The van der Waals surface area contributed by atoms with Crippen LogP contribution in [0.15, 0.2) is 24.3 Å². The van der Waals surface area contributed by atoms with Crippen LogP contribution in [0.1, 0.15) is 26.5 Å². The third-order valence-electron chi connectivity index (χ3n) is 6.04. The number of hydrogen-bond donors (Lipinski definition) is 1. The maximum Gasteiger partial charge on any atom is 0.267 e. The van der Waals surface area contributed by atoms with Crippen LogP contribution < -0.4 is 0 Å². The van der Waals surface area contributed by atoms with E-state index in [4.69, 9.17) is 0 Å². The van der Waals surface area contributed by atoms with Crippen LogP contribution in [-0.2, 0) is 11.2 Å². The predicted molar refractivity (Wildman–Crippen MR) is 105 cm³/mol. The molecular weight excluding hydrogens is 376 g/mol. The van der Waals surface area contributed by atoms with Crippen molar-refractivity contribution in [1.29, 1.82) is 0 Å². The van der Waals surface area contributed by atoms with Crippen molar-refractivity contribution in [3.05, 3.63) is 46.0 Å². The predicted octanol–water partition coefficient (Wildman–Crippen LogP) is 1.29. The second-order valence-electron chi connectivity index (χ2n) is 8.03. The summed E-state index contributed by atoms with van der Waals surface area (Å²) < 4.78 is 3.85. The molecule has 0 bridgehead atoms. The van der Waals surface area contributed by atoms with E-state index in [2.05, 4.69) is 9.59 Å². The van der Waals surface area contributed by atoms with Gasteiger partial charge in [0.1, 0.15) is 4.88 Å². The molecule has 1 aromatic heterocycles. The number of aliphatic hydroxyl groups is 1. The van der Waals surface area contributed by atoms with Gasteiger partial charge in [-0.2, -0.15) is 0 Å². The van der Waals surface area contributed by atoms with E-state index in [1.165, 1.54) is 5.56 Å². The SMILES string of the molecule is Cc1ccc(CC(=O)N2C[C@@H]3CN(C(=O)c4snnc4C)C[C@]3(CO)C2)cc1. The lowest BCUT2D eigenvalue weighted by molar-refractivity contribution is -0.130. The second-order valence-corrected chi connectivity index (χ2v) is 8.78. The van der Waals surface area contributed by atoms with Crippen LogP contribution in [0, 0.1) is 25.2 Å². The lowest BCUT2D eigenvalue weighted by atomic mass is 9.82. The highest BCUT2D eigenvalue weighted by Gasteiger charge is 2.54. The summed E-state index contributed by atoms with van der Waals surface area (Å²) in [6.07, 6.45) is 0.364. The minimum atomic E-state index is -0.440. The highest BCUT2D eigenvalue weighted by atomic mass is 32.1. The molecule has 2 amide bonds. The van der Waals surface area contributed by atoms with Crippen molar-refractivity contribution in [2.24, 2.45) is 11.3 Å². The smallest absolute Gasteiger partial charge is 0.267 e. The second kappa shape index (κ2) is 7.25. The summed E-state index contributed by atoms with van der Waals surface area (Å²) in [6, 6.07) is 7.99. The molecule has 2 fully saturated rings. The van der Waals surface area contributed by atoms with Crippen LogP contribution in [-0.4, -0.2) is 69.1 Å². The number of rotatable bonds is 4. The van der Waals surface area contributed by atoms with Gasteiger partial charge >= 0.3 is 0 Å². The van der Waals surface area contributed by atoms with Gasteiger partial charge < -0.3 is 14.9 Å². The molecule has 7 nitrogen and oxygen atoms in total. The molecule has 1 aromatic carbocycles. The molecule has 3 heterocycles. The molecule has 28 heavy (non-hydrogen) atoms. The number of aryl methyl sites for hydroxylation is 2. The monoisotopic (exact) mass is 400 g/mol. The zero-order chi connectivity index (χ0) is 19.9. The van der Waals surface area contributed by atoms with E-state index in [1.807, 2.05) is 36.1 Å². The van der Waals surface area contributed by atoms with Crippen LogP contribution >= 0.6 is 11.5 Å². The molecule has 0 radical (unpaired) electrons. The van der Waals surface area contributed by atoms with Gasteiger partial charge in [-0.05, 0) is 30.9 Å². The standard InChI is InChI=1S/C20H24N4O3S/c1-13-3-5-15(6-4-13)7-17(26)23-8-16-9-24(11-20(16,10-23)12-25)19(27)18-14(2)21-22-28-18/h3-6,16,25H,7-12H2,1-2H3/t16-,20+/m1/s1. The molecule has 4 rings (SSSR count). The summed E-state index contributed by atoms with van der Waals surface area (Å²) >= 11 is 1.11. The number of aliphatic hydroxyl groups excluding tert-OH is 1. The van der Waals surface area contributed by atoms with Crippen molar-refractivity contribution in [2.75, 3.05) is 32.8 Å². The highest BCUT2D eigenvalue weighted by Crippen LogP contribution is 2.43. The molecule has 2 aliphatic heterocycles. The van der Waals surface area contributed by atoms with Gasteiger partial charge in [0.05, 0.1) is 18.7 Å². The van der Waals surface area contributed by atoms with E-state index in [0.29, 0.717) is 43.2 Å². The van der Waals surface area contributed by atoms with Crippen molar-refractivity contribution in [3.8, 4) is 0 Å². The number of amides is 2. The first-order valence-electron chi connectivity index (χ1n) is 9.44. The van der Waals surface area contributed by atoms with Crippen molar-refractivity contribution < 1.29 is 14.7 Å². The summed E-state index contributed by atoms with van der Waals surface area (Å²) in [5.74, 6) is 0.0864. The maximum absolute atomic E-state index is 12.8. The highest BCUT2D eigenvalue weighted by molar-refractivity contribution is 7.07. The Morgan fingerprint density at radius 3 is 2.46 bits per heavy atom. The maximum atomic E-state index is 12.8. The first-order valence-corrected chi connectivity index (χ1v) is 10.2. The Morgan fingerprint density at radius 2 is 1.86 bits per heavy atom. The molecule has 1 N–H and O–H groups in total. The number of nitrogens with zero attached hydrogens (tertiary/aromatic N) is 4. The third kappa shape index (κ3) is 3.31. The number of carbonyl (C=O) groups is 2. The molecule has 0 saturated carbocycles. The van der Waals surface area contributed by atoms with Gasteiger partial charge in [0.2, 0.25) is 5.91 Å². The van der Waals surface area contributed by atoms with E-state index in [0.717, 1.165) is 17.1 Å². The first-order chi connectivity index (χ1) is 13.4. The summed E-state index contributed by atoms with van der Waals surface area (Å²) in [6.45, 7) is 5.84. The molecule has 2 aliphatic rings. The van der Waals surface area contributed by atoms with E-state index in [-0.39, 0.29) is 24.3 Å². The normalized spacial score (nSPS) is 23.9. The fraction of sp³-hybridized carbons (Fsp3) is 0.500. The molecule has 8 heteroatoms. The molecule has 2 saturated heterocycles. The number of hydrogen-bond acceptors (Lipinski definition) is 6. The van der Waals surface area contributed by atoms with Gasteiger partial charge in [-0.15, -0.1) is 5.10 Å². The van der Waals surface area contributed by atoms with E-state index in [1.54, 1.807) is 11.8 Å². The molecule has 2 aromatic rings. The van der Waals surface area contributed by atoms with Gasteiger partial charge in [-0.1, -0.05) is 34.3 Å². The van der Waals surface area contributed by atoms with Gasteiger partial charge in [0.15, 0.2) is 0 Å². The lowest BCUT2D eigenvalue weighted by Crippen LogP contribution is -2.40. The zero-order valence-corrected chi connectivity index (χ0v) is 16.9. The number of fused-ring (bicyclic) bond motifs is 1. The number of aromatic nitrogens is 2. The number of carbonyl (C=O) groups excluding carboxylic acids is 2. The van der Waals surface area contributed by atoms with Crippen molar-refractivity contribution in [2.45, 2.75) is 20.3 Å². The van der Waals surface area contributed by atoms with Crippen LogP contribution in [0.3, 0.4) is 0 Å². The van der Waals surface area contributed by atoms with Gasteiger partial charge in [-0.25, -0.2) is 0 Å². The van der Waals surface area contributed by atoms with Gasteiger partial charge in [0.25, 0.3) is 5.91 Å². The molecular formula is C20H24N4O3S. The average molecular weight is 401 g/mol. The average Bonchev–Trinajstić information content (AvgIpc) is 3.35.